The van der Waals surface area contributed by atoms with Gasteiger partial charge in [-0.2, -0.15) is 0 Å². The second kappa shape index (κ2) is 9.67. The maximum absolute atomic E-state index is 15.2. The van der Waals surface area contributed by atoms with Crippen molar-refractivity contribution in [1.29, 1.82) is 0 Å². The van der Waals surface area contributed by atoms with Crippen molar-refractivity contribution in [3.05, 3.63) is 140 Å². The highest BCUT2D eigenvalue weighted by Gasteiger charge is 2.69. The molecule has 0 radical (unpaired) electrons. The van der Waals surface area contributed by atoms with Gasteiger partial charge in [0.15, 0.2) is 0 Å². The minimum Gasteiger partial charge on any atom is -0.507 e. The predicted molar refractivity (Wildman–Crippen MR) is 170 cm³/mol. The number of amides is 2. The highest BCUT2D eigenvalue weighted by atomic mass is 35.5. The lowest BCUT2D eigenvalue weighted by Crippen LogP contribution is -2.53. The van der Waals surface area contributed by atoms with E-state index in [0.717, 1.165) is 9.95 Å². The molecule has 45 heavy (non-hydrogen) atoms. The SMILES string of the molecule is Cn1c(=O)n2n(c1=O)[C@@H]1C[C@H]3C(=O)N(c4cccc(Cl)c4)C(=O)[C@@]3(c3ccccc3)[C@@H](c3ccc4ccccc4c3O)C1=CC2. The number of phenols is 1. The summed E-state index contributed by atoms with van der Waals surface area (Å²) in [7, 11) is 1.43. The van der Waals surface area contributed by atoms with Gasteiger partial charge in [0.1, 0.15) is 5.75 Å². The van der Waals surface area contributed by atoms with Crippen LogP contribution in [0.2, 0.25) is 5.02 Å². The number of fused-ring (bicyclic) bond motifs is 5. The molecule has 1 N–H and O–H groups in total. The average molecular weight is 619 g/mol. The third kappa shape index (κ3) is 3.55. The standard InChI is InChI=1S/C35H27ClN4O5/c1-37-33(44)38-17-16-25-28(40(38)34(37)45)19-27-31(42)39(23-12-7-11-22(36)18-23)32(43)35(27,21-9-3-2-4-10-21)29(25)26-15-14-20-8-5-6-13-24(20)30(26)41/h2-16,18,27-29,41H,17,19H2,1H3/t27-,28+,29+,35+/m0/s1. The maximum atomic E-state index is 15.2. The maximum Gasteiger partial charge on any atom is 0.347 e. The zero-order valence-corrected chi connectivity index (χ0v) is 24.9. The molecular formula is C35H27ClN4O5. The van der Waals surface area contributed by atoms with Crippen LogP contribution in [0.3, 0.4) is 0 Å². The fourth-order valence-electron chi connectivity index (χ4n) is 7.96. The monoisotopic (exact) mass is 618 g/mol. The molecule has 1 saturated carbocycles. The van der Waals surface area contributed by atoms with Crippen LogP contribution in [0.25, 0.3) is 10.8 Å². The molecule has 5 aromatic rings. The van der Waals surface area contributed by atoms with Gasteiger partial charge in [-0.15, -0.1) is 0 Å². The average Bonchev–Trinajstić information content (AvgIpc) is 3.42. The van der Waals surface area contributed by atoms with Gasteiger partial charge >= 0.3 is 11.4 Å². The fraction of sp³-hybridized carbons (Fsp3) is 0.200. The molecule has 1 aliphatic carbocycles. The Balaban J connectivity index is 1.48. The lowest BCUT2D eigenvalue weighted by Gasteiger charge is -2.49. The number of hydrogen-bond acceptors (Lipinski definition) is 5. The molecule has 3 aliphatic rings. The van der Waals surface area contributed by atoms with Crippen LogP contribution >= 0.6 is 11.6 Å². The van der Waals surface area contributed by atoms with Crippen LogP contribution < -0.4 is 16.3 Å². The summed E-state index contributed by atoms with van der Waals surface area (Å²) < 4.78 is 3.84. The molecule has 1 aromatic heterocycles. The number of benzene rings is 4. The van der Waals surface area contributed by atoms with Crippen molar-refractivity contribution < 1.29 is 14.7 Å². The minimum absolute atomic E-state index is 0.00136. The van der Waals surface area contributed by atoms with Crippen molar-refractivity contribution in [2.75, 3.05) is 4.90 Å². The predicted octanol–water partition coefficient (Wildman–Crippen LogP) is 4.66. The number of nitrogens with zero attached hydrogens (tertiary/aromatic N) is 4. The number of carbonyl (C=O) groups excluding carboxylic acids is 2. The Hall–Kier alpha value is -5.15. The number of rotatable bonds is 3. The second-order valence-electron chi connectivity index (χ2n) is 11.9. The number of phenolic OH excluding ortho intramolecular Hbond substituents is 1. The van der Waals surface area contributed by atoms with Crippen LogP contribution in [-0.4, -0.2) is 30.9 Å². The van der Waals surface area contributed by atoms with Crippen molar-refractivity contribution in [3.8, 4) is 5.75 Å². The summed E-state index contributed by atoms with van der Waals surface area (Å²) in [6, 6.07) is 26.2. The number of aromatic nitrogens is 3. The Kier molecular flexibility index (Phi) is 5.89. The number of aromatic hydroxyl groups is 1. The van der Waals surface area contributed by atoms with Crippen LogP contribution in [0.1, 0.15) is 29.5 Å². The van der Waals surface area contributed by atoms with Gasteiger partial charge in [-0.05, 0) is 41.1 Å². The molecule has 10 heteroatoms. The molecule has 0 bridgehead atoms. The van der Waals surface area contributed by atoms with E-state index in [-0.39, 0.29) is 18.7 Å². The van der Waals surface area contributed by atoms with Gasteiger partial charge in [-0.3, -0.25) is 9.59 Å². The number of carbonyl (C=O) groups is 2. The summed E-state index contributed by atoms with van der Waals surface area (Å²) in [5.41, 5.74) is -0.325. The van der Waals surface area contributed by atoms with E-state index in [1.807, 2.05) is 72.8 Å². The molecule has 2 amide bonds. The van der Waals surface area contributed by atoms with Crippen LogP contribution in [0.15, 0.2) is 112 Å². The van der Waals surface area contributed by atoms with E-state index >= 15 is 4.79 Å². The van der Waals surface area contributed by atoms with Crippen molar-refractivity contribution in [1.82, 2.24) is 13.9 Å². The van der Waals surface area contributed by atoms with Crippen LogP contribution in [-0.2, 0) is 28.6 Å². The number of halogens is 1. The van der Waals surface area contributed by atoms with Gasteiger partial charge in [-0.25, -0.2) is 28.4 Å². The molecule has 0 unspecified atom stereocenters. The van der Waals surface area contributed by atoms with Crippen LogP contribution in [0.5, 0.6) is 5.75 Å². The van der Waals surface area contributed by atoms with Crippen molar-refractivity contribution >= 4 is 39.9 Å². The van der Waals surface area contributed by atoms with Crippen molar-refractivity contribution in [3.63, 3.8) is 0 Å². The number of hydrogen-bond donors (Lipinski definition) is 1. The first-order valence-corrected chi connectivity index (χ1v) is 15.1. The third-order valence-electron chi connectivity index (χ3n) is 9.86. The van der Waals surface area contributed by atoms with E-state index in [9.17, 15) is 19.5 Å². The smallest absolute Gasteiger partial charge is 0.347 e. The molecular weight excluding hydrogens is 592 g/mol. The Labute approximate surface area is 261 Å². The number of imide groups is 1. The molecule has 4 atom stereocenters. The molecule has 9 nitrogen and oxygen atoms in total. The zero-order chi connectivity index (χ0) is 31.2. The largest absolute Gasteiger partial charge is 0.507 e. The highest BCUT2D eigenvalue weighted by Crippen LogP contribution is 2.63. The molecule has 3 heterocycles. The van der Waals surface area contributed by atoms with E-state index < -0.39 is 46.5 Å². The van der Waals surface area contributed by atoms with Gasteiger partial charge in [0.25, 0.3) is 0 Å². The molecule has 1 saturated heterocycles. The fourth-order valence-corrected chi connectivity index (χ4v) is 8.15. The molecule has 2 fully saturated rings. The number of anilines is 1. The third-order valence-corrected chi connectivity index (χ3v) is 10.1. The van der Waals surface area contributed by atoms with Crippen molar-refractivity contribution in [2.24, 2.45) is 13.0 Å². The molecule has 4 aromatic carbocycles. The van der Waals surface area contributed by atoms with Crippen LogP contribution in [0, 0.1) is 5.92 Å². The second-order valence-corrected chi connectivity index (χ2v) is 12.3. The van der Waals surface area contributed by atoms with E-state index in [2.05, 4.69) is 0 Å². The summed E-state index contributed by atoms with van der Waals surface area (Å²) in [5.74, 6) is -2.67. The van der Waals surface area contributed by atoms with Gasteiger partial charge in [-0.1, -0.05) is 90.5 Å². The Morgan fingerprint density at radius 2 is 1.62 bits per heavy atom. The van der Waals surface area contributed by atoms with E-state index in [1.165, 1.54) is 21.3 Å². The summed E-state index contributed by atoms with van der Waals surface area (Å²) in [6.07, 6.45) is 1.97. The first-order valence-electron chi connectivity index (χ1n) is 14.7. The van der Waals surface area contributed by atoms with Gasteiger partial charge in [0.2, 0.25) is 11.8 Å². The van der Waals surface area contributed by atoms with Gasteiger partial charge in [0.05, 0.1) is 29.6 Å². The number of allylic oxidation sites excluding steroid dienone is 2. The van der Waals surface area contributed by atoms with E-state index in [1.54, 1.807) is 24.3 Å². The minimum atomic E-state index is -1.48. The normalized spacial score (nSPS) is 23.9. The molecule has 8 rings (SSSR count). The summed E-state index contributed by atoms with van der Waals surface area (Å²) in [6.45, 7) is 0.0985. The van der Waals surface area contributed by atoms with Crippen molar-refractivity contribution in [2.45, 2.75) is 30.3 Å². The highest BCUT2D eigenvalue weighted by molar-refractivity contribution is 6.32. The Bertz CT molecular complexity index is 2230. The zero-order valence-electron chi connectivity index (χ0n) is 24.1. The van der Waals surface area contributed by atoms with E-state index in [0.29, 0.717) is 32.8 Å². The van der Waals surface area contributed by atoms with Gasteiger partial charge < -0.3 is 5.11 Å². The lowest BCUT2D eigenvalue weighted by molar-refractivity contribution is -0.124. The topological polar surface area (TPSA) is 107 Å². The molecule has 0 spiro atoms. The Morgan fingerprint density at radius 3 is 2.40 bits per heavy atom. The molecule has 2 aliphatic heterocycles. The summed E-state index contributed by atoms with van der Waals surface area (Å²) in [4.78, 5) is 57.7. The van der Waals surface area contributed by atoms with Gasteiger partial charge in [0, 0.05) is 28.9 Å². The van der Waals surface area contributed by atoms with E-state index in [4.69, 9.17) is 11.6 Å². The Morgan fingerprint density at radius 1 is 0.867 bits per heavy atom. The first-order chi connectivity index (χ1) is 21.7. The quantitative estimate of drug-likeness (QED) is 0.234. The van der Waals surface area contributed by atoms with Crippen LogP contribution in [0.4, 0.5) is 5.69 Å². The molecule has 224 valence electrons. The lowest BCUT2D eigenvalue weighted by atomic mass is 9.53. The first kappa shape index (κ1) is 27.4. The summed E-state index contributed by atoms with van der Waals surface area (Å²) in [5, 5.41) is 13.8. The summed E-state index contributed by atoms with van der Waals surface area (Å²) >= 11 is 6.35.